The van der Waals surface area contributed by atoms with E-state index in [0.29, 0.717) is 12.8 Å². The van der Waals surface area contributed by atoms with Crippen LogP contribution in [0.4, 0.5) is 0 Å². The average molecular weight is 270 g/mol. The van der Waals surface area contributed by atoms with E-state index in [1.165, 1.54) is 0 Å². The van der Waals surface area contributed by atoms with E-state index >= 15 is 0 Å². The number of amides is 2. The molecule has 0 aromatic carbocycles. The third-order valence-electron chi connectivity index (χ3n) is 3.79. The Labute approximate surface area is 112 Å². The quantitative estimate of drug-likeness (QED) is 0.653. The first-order valence-corrected chi connectivity index (χ1v) is 6.66. The third kappa shape index (κ3) is 4.22. The fourth-order valence-corrected chi connectivity index (χ4v) is 2.74. The fraction of sp³-hybridized carbons (Fsp3) is 0.769. The molecular formula is C13H22N2O4. The van der Waals surface area contributed by atoms with Crippen LogP contribution < -0.4 is 11.1 Å². The minimum absolute atomic E-state index is 0.0629. The van der Waals surface area contributed by atoms with E-state index < -0.39 is 23.7 Å². The van der Waals surface area contributed by atoms with Crippen molar-refractivity contribution in [1.82, 2.24) is 5.32 Å². The Morgan fingerprint density at radius 1 is 1.32 bits per heavy atom. The van der Waals surface area contributed by atoms with Gasteiger partial charge in [0.1, 0.15) is 0 Å². The van der Waals surface area contributed by atoms with E-state index in [0.717, 1.165) is 6.42 Å². The number of carboxylic acid groups (broad SMARTS) is 1. The van der Waals surface area contributed by atoms with Gasteiger partial charge in [0.25, 0.3) is 0 Å². The monoisotopic (exact) mass is 270 g/mol. The van der Waals surface area contributed by atoms with Gasteiger partial charge in [-0.2, -0.15) is 0 Å². The lowest BCUT2D eigenvalue weighted by molar-refractivity contribution is -0.146. The van der Waals surface area contributed by atoms with Crippen molar-refractivity contribution in [2.24, 2.45) is 23.5 Å². The van der Waals surface area contributed by atoms with Crippen LogP contribution in [-0.4, -0.2) is 28.9 Å². The van der Waals surface area contributed by atoms with E-state index in [1.807, 2.05) is 6.92 Å². The second-order valence-electron chi connectivity index (χ2n) is 5.38. The highest BCUT2D eigenvalue weighted by molar-refractivity contribution is 5.86. The molecule has 1 aliphatic carbocycles. The van der Waals surface area contributed by atoms with Gasteiger partial charge in [-0.15, -0.1) is 0 Å². The molecule has 0 aliphatic heterocycles. The van der Waals surface area contributed by atoms with Gasteiger partial charge < -0.3 is 16.2 Å². The fourth-order valence-electron chi connectivity index (χ4n) is 2.74. The van der Waals surface area contributed by atoms with Gasteiger partial charge in [-0.1, -0.05) is 13.3 Å². The second-order valence-corrected chi connectivity index (χ2v) is 5.38. The van der Waals surface area contributed by atoms with Crippen molar-refractivity contribution in [3.8, 4) is 0 Å². The van der Waals surface area contributed by atoms with Gasteiger partial charge in [-0.25, -0.2) is 0 Å². The molecule has 6 heteroatoms. The zero-order valence-electron chi connectivity index (χ0n) is 11.4. The minimum Gasteiger partial charge on any atom is -0.481 e. The summed E-state index contributed by atoms with van der Waals surface area (Å²) in [6.07, 6.45) is 2.09. The lowest BCUT2D eigenvalue weighted by Gasteiger charge is -2.18. The van der Waals surface area contributed by atoms with Gasteiger partial charge in [0.15, 0.2) is 0 Å². The van der Waals surface area contributed by atoms with E-state index in [4.69, 9.17) is 5.73 Å². The smallest absolute Gasteiger partial charge is 0.307 e. The molecule has 4 N–H and O–H groups in total. The maximum Gasteiger partial charge on any atom is 0.307 e. The molecule has 0 spiro atoms. The molecule has 0 radical (unpaired) electrons. The number of nitrogens with two attached hydrogens (primary N) is 1. The Morgan fingerprint density at radius 3 is 2.37 bits per heavy atom. The van der Waals surface area contributed by atoms with E-state index in [2.05, 4.69) is 5.32 Å². The number of primary amides is 1. The SMILES string of the molecule is CCC1CC(C(=O)O)C(C(=O)NC(C)CC(N)=O)C1. The summed E-state index contributed by atoms with van der Waals surface area (Å²) in [6.45, 7) is 3.68. The summed E-state index contributed by atoms with van der Waals surface area (Å²) in [5.74, 6) is -2.53. The summed E-state index contributed by atoms with van der Waals surface area (Å²) in [4.78, 5) is 34.0. The van der Waals surface area contributed by atoms with Gasteiger partial charge in [0.05, 0.1) is 11.8 Å². The van der Waals surface area contributed by atoms with Crippen LogP contribution in [0.25, 0.3) is 0 Å². The summed E-state index contributed by atoms with van der Waals surface area (Å²) >= 11 is 0. The Morgan fingerprint density at radius 2 is 1.89 bits per heavy atom. The van der Waals surface area contributed by atoms with Crippen molar-refractivity contribution in [2.75, 3.05) is 0 Å². The van der Waals surface area contributed by atoms with Gasteiger partial charge in [0.2, 0.25) is 11.8 Å². The van der Waals surface area contributed by atoms with Crippen molar-refractivity contribution in [3.05, 3.63) is 0 Å². The molecular weight excluding hydrogens is 248 g/mol. The lowest BCUT2D eigenvalue weighted by atomic mass is 9.95. The number of carbonyl (C=O) groups excluding carboxylic acids is 2. The van der Waals surface area contributed by atoms with Crippen molar-refractivity contribution in [3.63, 3.8) is 0 Å². The minimum atomic E-state index is -0.918. The highest BCUT2D eigenvalue weighted by Crippen LogP contribution is 2.38. The molecule has 0 aromatic heterocycles. The third-order valence-corrected chi connectivity index (χ3v) is 3.79. The molecule has 0 aromatic rings. The number of rotatable bonds is 6. The normalized spacial score (nSPS) is 27.8. The number of aliphatic carboxylic acids is 1. The maximum absolute atomic E-state index is 12.1. The number of carboxylic acids is 1. The van der Waals surface area contributed by atoms with Gasteiger partial charge in [-0.3, -0.25) is 14.4 Å². The Balaban J connectivity index is 2.63. The van der Waals surface area contributed by atoms with Crippen LogP contribution in [0.3, 0.4) is 0 Å². The molecule has 0 heterocycles. The van der Waals surface area contributed by atoms with Gasteiger partial charge in [-0.05, 0) is 25.7 Å². The molecule has 1 aliphatic rings. The van der Waals surface area contributed by atoms with Crippen LogP contribution in [-0.2, 0) is 14.4 Å². The zero-order chi connectivity index (χ0) is 14.6. The van der Waals surface area contributed by atoms with E-state index in [1.54, 1.807) is 6.92 Å². The zero-order valence-corrected chi connectivity index (χ0v) is 11.4. The van der Waals surface area contributed by atoms with Crippen LogP contribution >= 0.6 is 0 Å². The Hall–Kier alpha value is -1.59. The van der Waals surface area contributed by atoms with Crippen molar-refractivity contribution in [2.45, 2.75) is 45.6 Å². The molecule has 4 atom stereocenters. The molecule has 19 heavy (non-hydrogen) atoms. The van der Waals surface area contributed by atoms with Gasteiger partial charge in [0, 0.05) is 12.5 Å². The average Bonchev–Trinajstić information content (AvgIpc) is 2.71. The standard InChI is InChI=1S/C13H22N2O4/c1-3-8-5-9(10(6-8)13(18)19)12(17)15-7(2)4-11(14)16/h7-10H,3-6H2,1-2H3,(H2,14,16)(H,15,17)(H,18,19). The topological polar surface area (TPSA) is 109 Å². The molecule has 1 saturated carbocycles. The van der Waals surface area contributed by atoms with E-state index in [-0.39, 0.29) is 24.3 Å². The largest absolute Gasteiger partial charge is 0.481 e. The molecule has 0 saturated heterocycles. The molecule has 1 rings (SSSR count). The maximum atomic E-state index is 12.1. The number of hydrogen-bond donors (Lipinski definition) is 3. The predicted molar refractivity (Wildman–Crippen MR) is 69.0 cm³/mol. The van der Waals surface area contributed by atoms with Crippen molar-refractivity contribution < 1.29 is 19.5 Å². The van der Waals surface area contributed by atoms with Crippen LogP contribution in [0.1, 0.15) is 39.5 Å². The van der Waals surface area contributed by atoms with Crippen LogP contribution in [0.5, 0.6) is 0 Å². The number of hydrogen-bond acceptors (Lipinski definition) is 3. The summed E-state index contributed by atoms with van der Waals surface area (Å²) in [6, 6.07) is -0.361. The molecule has 4 unspecified atom stereocenters. The Bertz CT molecular complexity index is 370. The first-order valence-electron chi connectivity index (χ1n) is 6.66. The van der Waals surface area contributed by atoms with E-state index in [9.17, 15) is 19.5 Å². The first-order chi connectivity index (χ1) is 8.85. The molecule has 1 fully saturated rings. The molecule has 2 amide bonds. The van der Waals surface area contributed by atoms with Gasteiger partial charge >= 0.3 is 5.97 Å². The summed E-state index contributed by atoms with van der Waals surface area (Å²) in [5.41, 5.74) is 5.06. The first kappa shape index (κ1) is 15.5. The summed E-state index contributed by atoms with van der Waals surface area (Å²) < 4.78 is 0. The summed E-state index contributed by atoms with van der Waals surface area (Å²) in [5, 5.41) is 11.9. The van der Waals surface area contributed by atoms with Crippen molar-refractivity contribution in [1.29, 1.82) is 0 Å². The van der Waals surface area contributed by atoms with Crippen LogP contribution in [0.2, 0.25) is 0 Å². The number of carbonyl (C=O) groups is 3. The summed E-state index contributed by atoms with van der Waals surface area (Å²) in [7, 11) is 0. The van der Waals surface area contributed by atoms with Crippen molar-refractivity contribution >= 4 is 17.8 Å². The molecule has 6 nitrogen and oxygen atoms in total. The number of nitrogens with one attached hydrogen (secondary N) is 1. The Kier molecular flexibility index (Phi) is 5.32. The molecule has 108 valence electrons. The highest BCUT2D eigenvalue weighted by atomic mass is 16.4. The molecule has 0 bridgehead atoms. The van der Waals surface area contributed by atoms with Crippen LogP contribution in [0.15, 0.2) is 0 Å². The highest BCUT2D eigenvalue weighted by Gasteiger charge is 2.42. The lowest BCUT2D eigenvalue weighted by Crippen LogP contribution is -2.41. The van der Waals surface area contributed by atoms with Crippen LogP contribution in [0, 0.1) is 17.8 Å². The second kappa shape index (κ2) is 6.54. The predicted octanol–water partition coefficient (Wildman–Crippen LogP) is 0.504.